The van der Waals surface area contributed by atoms with Crippen LogP contribution in [-0.2, 0) is 9.53 Å². The average molecular weight is 240 g/mol. The van der Waals surface area contributed by atoms with Crippen LogP contribution in [0.5, 0.6) is 0 Å². The number of carbonyl (C=O) groups excluding carboxylic acids is 1. The lowest BCUT2D eigenvalue weighted by Gasteiger charge is -2.36. The van der Waals surface area contributed by atoms with E-state index in [1.54, 1.807) is 13.0 Å². The number of hydrogen-bond donors (Lipinski definition) is 2. The van der Waals surface area contributed by atoms with Gasteiger partial charge in [0.1, 0.15) is 17.8 Å². The molecule has 2 rings (SSSR count). The first kappa shape index (κ1) is 12.7. The Labute approximate surface area is 101 Å². The van der Waals surface area contributed by atoms with Crippen LogP contribution in [0.15, 0.2) is 11.6 Å². The van der Waals surface area contributed by atoms with Crippen LogP contribution in [0.25, 0.3) is 0 Å². The van der Waals surface area contributed by atoms with E-state index in [1.165, 1.54) is 0 Å². The first-order chi connectivity index (χ1) is 7.72. The van der Waals surface area contributed by atoms with Crippen molar-refractivity contribution in [3.8, 4) is 0 Å². The molecule has 4 atom stereocenters. The molecule has 1 heterocycles. The Bertz CT molecular complexity index is 383. The third-order valence-electron chi connectivity index (χ3n) is 4.05. The second-order valence-corrected chi connectivity index (χ2v) is 5.86. The van der Waals surface area contributed by atoms with Gasteiger partial charge in [0.25, 0.3) is 0 Å². The molecule has 0 saturated carbocycles. The maximum Gasteiger partial charge on any atom is 0.156 e. The number of ketones is 1. The SMILES string of the molecule is CC1=CC(=O)CC(C)(C)C12OC2C(O)C(C)O. The van der Waals surface area contributed by atoms with Crippen molar-refractivity contribution in [1.29, 1.82) is 0 Å². The molecule has 1 aliphatic carbocycles. The molecule has 4 heteroatoms. The molecular formula is C13H20O4. The monoisotopic (exact) mass is 240 g/mol. The van der Waals surface area contributed by atoms with Gasteiger partial charge in [-0.05, 0) is 25.5 Å². The van der Waals surface area contributed by atoms with Gasteiger partial charge in [-0.2, -0.15) is 0 Å². The van der Waals surface area contributed by atoms with Gasteiger partial charge in [0.2, 0.25) is 0 Å². The van der Waals surface area contributed by atoms with Crippen molar-refractivity contribution in [3.63, 3.8) is 0 Å². The van der Waals surface area contributed by atoms with E-state index in [0.717, 1.165) is 5.57 Å². The van der Waals surface area contributed by atoms with E-state index in [-0.39, 0.29) is 11.2 Å². The second-order valence-electron chi connectivity index (χ2n) is 5.86. The minimum atomic E-state index is -0.911. The number of hydrogen-bond acceptors (Lipinski definition) is 4. The van der Waals surface area contributed by atoms with Crippen molar-refractivity contribution in [1.82, 2.24) is 0 Å². The van der Waals surface area contributed by atoms with Gasteiger partial charge in [-0.15, -0.1) is 0 Å². The summed E-state index contributed by atoms with van der Waals surface area (Å²) in [6.07, 6.45) is -0.152. The number of aliphatic hydroxyl groups excluding tert-OH is 2. The molecule has 96 valence electrons. The zero-order valence-electron chi connectivity index (χ0n) is 10.7. The number of aliphatic hydroxyl groups is 2. The standard InChI is InChI=1S/C13H20O4/c1-7-5-9(15)6-12(3,4)13(7)11(17-13)10(16)8(2)14/h5,8,10-11,14,16H,6H2,1-4H3. The van der Waals surface area contributed by atoms with Crippen molar-refractivity contribution >= 4 is 5.78 Å². The van der Waals surface area contributed by atoms with Gasteiger partial charge in [0.05, 0.1) is 6.10 Å². The minimum absolute atomic E-state index is 0.0962. The molecule has 4 unspecified atom stereocenters. The molecule has 1 fully saturated rings. The van der Waals surface area contributed by atoms with Crippen LogP contribution in [-0.4, -0.2) is 39.9 Å². The number of epoxide rings is 1. The van der Waals surface area contributed by atoms with Gasteiger partial charge < -0.3 is 14.9 Å². The van der Waals surface area contributed by atoms with Crippen molar-refractivity contribution in [2.75, 3.05) is 0 Å². The van der Waals surface area contributed by atoms with Crippen molar-refractivity contribution < 1.29 is 19.7 Å². The molecule has 1 spiro atoms. The lowest BCUT2D eigenvalue weighted by Crippen LogP contribution is -2.45. The molecule has 17 heavy (non-hydrogen) atoms. The van der Waals surface area contributed by atoms with E-state index in [0.29, 0.717) is 6.42 Å². The summed E-state index contributed by atoms with van der Waals surface area (Å²) in [6, 6.07) is 0. The number of carbonyl (C=O) groups is 1. The fourth-order valence-electron chi connectivity index (χ4n) is 3.09. The molecule has 0 amide bonds. The molecule has 2 aliphatic rings. The molecule has 0 aromatic carbocycles. The zero-order chi connectivity index (χ0) is 13.0. The molecule has 0 aromatic heterocycles. The summed E-state index contributed by atoms with van der Waals surface area (Å²) in [6.45, 7) is 7.33. The topological polar surface area (TPSA) is 70.1 Å². The highest BCUT2D eigenvalue weighted by Gasteiger charge is 2.70. The second kappa shape index (κ2) is 3.64. The van der Waals surface area contributed by atoms with Crippen molar-refractivity contribution in [3.05, 3.63) is 11.6 Å². The summed E-state index contributed by atoms with van der Waals surface area (Å²) in [5.74, 6) is 0.0962. The van der Waals surface area contributed by atoms with E-state index in [4.69, 9.17) is 4.74 Å². The van der Waals surface area contributed by atoms with Crippen LogP contribution in [0, 0.1) is 5.41 Å². The van der Waals surface area contributed by atoms with Gasteiger partial charge in [-0.1, -0.05) is 13.8 Å². The first-order valence-corrected chi connectivity index (χ1v) is 5.98. The van der Waals surface area contributed by atoms with E-state index in [2.05, 4.69) is 0 Å². The summed E-state index contributed by atoms with van der Waals surface area (Å²) in [4.78, 5) is 11.6. The van der Waals surface area contributed by atoms with E-state index in [1.807, 2.05) is 20.8 Å². The third-order valence-corrected chi connectivity index (χ3v) is 4.05. The molecule has 4 nitrogen and oxygen atoms in total. The van der Waals surface area contributed by atoms with E-state index in [9.17, 15) is 15.0 Å². The highest BCUT2D eigenvalue weighted by atomic mass is 16.6. The third kappa shape index (κ3) is 1.66. The minimum Gasteiger partial charge on any atom is -0.391 e. The normalized spacial score (nSPS) is 38.8. The number of ether oxygens (including phenoxy) is 1. The predicted octanol–water partition coefficient (Wildman–Crippen LogP) is 0.811. The van der Waals surface area contributed by atoms with Gasteiger partial charge in [0, 0.05) is 11.8 Å². The molecule has 2 N–H and O–H groups in total. The summed E-state index contributed by atoms with van der Waals surface area (Å²) >= 11 is 0. The van der Waals surface area contributed by atoms with Crippen molar-refractivity contribution in [2.24, 2.45) is 5.41 Å². The van der Waals surface area contributed by atoms with Crippen LogP contribution < -0.4 is 0 Å². The molecule has 1 saturated heterocycles. The van der Waals surface area contributed by atoms with Crippen LogP contribution in [0.3, 0.4) is 0 Å². The number of allylic oxidation sites excluding steroid dienone is 1. The summed E-state index contributed by atoms with van der Waals surface area (Å²) in [7, 11) is 0. The largest absolute Gasteiger partial charge is 0.391 e. The predicted molar refractivity (Wildman–Crippen MR) is 62.5 cm³/mol. The van der Waals surface area contributed by atoms with Crippen molar-refractivity contribution in [2.45, 2.75) is 58.0 Å². The van der Waals surface area contributed by atoms with Crippen LogP contribution in [0.4, 0.5) is 0 Å². The quantitative estimate of drug-likeness (QED) is 0.701. The van der Waals surface area contributed by atoms with E-state index >= 15 is 0 Å². The maximum absolute atomic E-state index is 11.6. The van der Waals surface area contributed by atoms with Gasteiger partial charge >= 0.3 is 0 Å². The Kier molecular flexibility index (Phi) is 2.73. The van der Waals surface area contributed by atoms with Crippen LogP contribution >= 0.6 is 0 Å². The Morgan fingerprint density at radius 2 is 2.06 bits per heavy atom. The lowest BCUT2D eigenvalue weighted by atomic mass is 9.65. The Morgan fingerprint density at radius 1 is 1.47 bits per heavy atom. The maximum atomic E-state index is 11.6. The fourth-order valence-corrected chi connectivity index (χ4v) is 3.09. The smallest absolute Gasteiger partial charge is 0.156 e. The Balaban J connectivity index is 2.33. The highest BCUT2D eigenvalue weighted by molar-refractivity contribution is 5.93. The first-order valence-electron chi connectivity index (χ1n) is 5.98. The van der Waals surface area contributed by atoms with Gasteiger partial charge in [-0.25, -0.2) is 0 Å². The molecule has 1 aliphatic heterocycles. The summed E-state index contributed by atoms with van der Waals surface area (Å²) < 4.78 is 5.71. The molecular weight excluding hydrogens is 220 g/mol. The van der Waals surface area contributed by atoms with Crippen LogP contribution in [0.1, 0.15) is 34.1 Å². The fraction of sp³-hybridized carbons (Fsp3) is 0.769. The molecule has 0 aromatic rings. The molecule has 0 radical (unpaired) electrons. The zero-order valence-corrected chi connectivity index (χ0v) is 10.7. The molecule has 0 bridgehead atoms. The number of rotatable bonds is 2. The van der Waals surface area contributed by atoms with Gasteiger partial charge in [0.15, 0.2) is 5.78 Å². The summed E-state index contributed by atoms with van der Waals surface area (Å²) in [5, 5.41) is 19.3. The van der Waals surface area contributed by atoms with E-state index < -0.39 is 23.9 Å². The van der Waals surface area contributed by atoms with Crippen LogP contribution in [0.2, 0.25) is 0 Å². The average Bonchev–Trinajstić information content (AvgIpc) is 2.89. The lowest BCUT2D eigenvalue weighted by molar-refractivity contribution is -0.118. The summed E-state index contributed by atoms with van der Waals surface area (Å²) in [5.41, 5.74) is -0.0794. The highest BCUT2D eigenvalue weighted by Crippen LogP contribution is 2.59. The Hall–Kier alpha value is -0.710. The Morgan fingerprint density at radius 3 is 2.53 bits per heavy atom. The van der Waals surface area contributed by atoms with Gasteiger partial charge in [-0.3, -0.25) is 4.79 Å².